The first-order valence-corrected chi connectivity index (χ1v) is 6.47. The van der Waals surface area contributed by atoms with E-state index in [1.807, 2.05) is 30.3 Å². The van der Waals surface area contributed by atoms with Gasteiger partial charge in [0.05, 0.1) is 12.8 Å². The molecule has 0 unspecified atom stereocenters. The van der Waals surface area contributed by atoms with Crippen molar-refractivity contribution in [2.75, 3.05) is 6.61 Å². The van der Waals surface area contributed by atoms with Gasteiger partial charge in [-0.05, 0) is 24.2 Å². The lowest BCUT2D eigenvalue weighted by atomic mass is 10.1. The summed E-state index contributed by atoms with van der Waals surface area (Å²) in [5, 5.41) is 0.00158. The molecule has 5 heteroatoms. The fourth-order valence-corrected chi connectivity index (χ4v) is 2.36. The molecule has 0 aliphatic heterocycles. The van der Waals surface area contributed by atoms with E-state index in [0.717, 1.165) is 5.56 Å². The summed E-state index contributed by atoms with van der Waals surface area (Å²) in [6.45, 7) is 2.14. The van der Waals surface area contributed by atoms with Gasteiger partial charge in [-0.15, -0.1) is 0 Å². The van der Waals surface area contributed by atoms with Gasteiger partial charge < -0.3 is 9.15 Å². The molecule has 94 valence electrons. The molecule has 2 rings (SSSR count). The zero-order chi connectivity index (χ0) is 12.8. The van der Waals surface area contributed by atoms with E-state index in [9.17, 15) is 4.79 Å². The highest BCUT2D eigenvalue weighted by molar-refractivity contribution is 8.00. The van der Waals surface area contributed by atoms with Crippen molar-refractivity contribution in [3.63, 3.8) is 0 Å². The topological polar surface area (TPSA) is 52.3 Å². The van der Waals surface area contributed by atoms with Gasteiger partial charge in [0.25, 0.3) is 5.22 Å². The minimum Gasteiger partial charge on any atom is -0.465 e. The number of ether oxygens (including phenoxy) is 1. The van der Waals surface area contributed by atoms with Crippen molar-refractivity contribution in [2.45, 2.75) is 17.4 Å². The highest BCUT2D eigenvalue weighted by Gasteiger charge is 2.24. The number of carbonyl (C=O) groups excluding carboxylic acids is 1. The Kier molecular flexibility index (Phi) is 4.41. The summed E-state index contributed by atoms with van der Waals surface area (Å²) in [5.41, 5.74) is 0.874. The summed E-state index contributed by atoms with van der Waals surface area (Å²) < 4.78 is 10.2. The van der Waals surface area contributed by atoms with Crippen molar-refractivity contribution in [2.24, 2.45) is 0 Å². The summed E-state index contributed by atoms with van der Waals surface area (Å²) in [7, 11) is 0. The lowest BCUT2D eigenvalue weighted by molar-refractivity contribution is -0.142. The number of oxazole rings is 1. The Bertz CT molecular complexity index is 484. The molecule has 0 radical (unpaired) electrons. The van der Waals surface area contributed by atoms with E-state index < -0.39 is 5.25 Å². The predicted octanol–water partition coefficient (Wildman–Crippen LogP) is 3.07. The highest BCUT2D eigenvalue weighted by atomic mass is 32.2. The second-order valence-electron chi connectivity index (χ2n) is 3.46. The van der Waals surface area contributed by atoms with Crippen molar-refractivity contribution in [3.05, 3.63) is 48.4 Å². The van der Waals surface area contributed by atoms with Crippen LogP contribution in [-0.2, 0) is 9.53 Å². The zero-order valence-electron chi connectivity index (χ0n) is 9.91. The van der Waals surface area contributed by atoms with E-state index in [1.165, 1.54) is 18.0 Å². The maximum atomic E-state index is 12.0. The third-order valence-corrected chi connectivity index (χ3v) is 3.33. The van der Waals surface area contributed by atoms with Crippen LogP contribution < -0.4 is 0 Å². The van der Waals surface area contributed by atoms with Gasteiger partial charge in [0.15, 0.2) is 0 Å². The summed E-state index contributed by atoms with van der Waals surface area (Å²) in [6.07, 6.45) is 3.03. The maximum Gasteiger partial charge on any atom is 0.324 e. The summed E-state index contributed by atoms with van der Waals surface area (Å²) >= 11 is 1.24. The second-order valence-corrected chi connectivity index (χ2v) is 4.51. The third kappa shape index (κ3) is 3.13. The molecule has 1 aromatic heterocycles. The molecule has 18 heavy (non-hydrogen) atoms. The molecule has 4 nitrogen and oxygen atoms in total. The van der Waals surface area contributed by atoms with Crippen LogP contribution in [0.15, 0.2) is 52.4 Å². The smallest absolute Gasteiger partial charge is 0.324 e. The van der Waals surface area contributed by atoms with Crippen molar-refractivity contribution >= 4 is 17.7 Å². The van der Waals surface area contributed by atoms with Crippen LogP contribution in [0.1, 0.15) is 17.7 Å². The Balaban J connectivity index is 2.20. The molecular weight excluding hydrogens is 250 g/mol. The molecule has 0 saturated carbocycles. The number of nitrogens with zero attached hydrogens (tertiary/aromatic N) is 1. The zero-order valence-corrected chi connectivity index (χ0v) is 10.7. The third-order valence-electron chi connectivity index (χ3n) is 2.23. The van der Waals surface area contributed by atoms with E-state index in [0.29, 0.717) is 11.8 Å². The van der Waals surface area contributed by atoms with Crippen molar-refractivity contribution in [1.29, 1.82) is 0 Å². The molecule has 0 saturated heterocycles. The number of benzene rings is 1. The number of hydrogen-bond acceptors (Lipinski definition) is 5. The Hall–Kier alpha value is -1.75. The van der Waals surface area contributed by atoms with Gasteiger partial charge in [0, 0.05) is 0 Å². The first-order valence-electron chi connectivity index (χ1n) is 5.59. The molecule has 1 aromatic carbocycles. The van der Waals surface area contributed by atoms with E-state index in [1.54, 1.807) is 13.1 Å². The van der Waals surface area contributed by atoms with Gasteiger partial charge in [-0.3, -0.25) is 4.79 Å². The van der Waals surface area contributed by atoms with E-state index >= 15 is 0 Å². The van der Waals surface area contributed by atoms with Gasteiger partial charge in [-0.1, -0.05) is 30.3 Å². The van der Waals surface area contributed by atoms with Gasteiger partial charge in [-0.2, -0.15) is 0 Å². The van der Waals surface area contributed by atoms with Gasteiger partial charge >= 0.3 is 5.97 Å². The molecular formula is C13H13NO3S. The number of hydrogen-bond donors (Lipinski definition) is 0. The number of rotatable bonds is 5. The predicted molar refractivity (Wildman–Crippen MR) is 68.2 cm³/mol. The Morgan fingerprint density at radius 2 is 2.22 bits per heavy atom. The number of thioether (sulfide) groups is 1. The molecule has 1 heterocycles. The maximum absolute atomic E-state index is 12.0. The van der Waals surface area contributed by atoms with Crippen LogP contribution in [0.25, 0.3) is 0 Å². The molecule has 0 aliphatic carbocycles. The highest BCUT2D eigenvalue weighted by Crippen LogP contribution is 2.35. The normalized spacial score (nSPS) is 12.1. The minimum absolute atomic E-state index is 0.285. The molecule has 1 atom stereocenters. The molecule has 0 fully saturated rings. The molecule has 0 amide bonds. The van der Waals surface area contributed by atoms with Crippen LogP contribution in [0.4, 0.5) is 0 Å². The van der Waals surface area contributed by atoms with Crippen LogP contribution in [-0.4, -0.2) is 17.6 Å². The fourth-order valence-electron chi connectivity index (χ4n) is 1.47. The molecule has 0 spiro atoms. The first-order chi connectivity index (χ1) is 8.81. The lowest BCUT2D eigenvalue weighted by Gasteiger charge is -2.13. The second kappa shape index (κ2) is 6.26. The quantitative estimate of drug-likeness (QED) is 0.613. The van der Waals surface area contributed by atoms with Gasteiger partial charge in [-0.25, -0.2) is 4.98 Å². The Morgan fingerprint density at radius 1 is 1.44 bits per heavy atom. The minimum atomic E-state index is -0.454. The lowest BCUT2D eigenvalue weighted by Crippen LogP contribution is -2.13. The summed E-state index contributed by atoms with van der Waals surface area (Å²) in [4.78, 5) is 16.0. The van der Waals surface area contributed by atoms with E-state index in [4.69, 9.17) is 9.15 Å². The van der Waals surface area contributed by atoms with Crippen LogP contribution in [0.3, 0.4) is 0 Å². The summed E-state index contributed by atoms with van der Waals surface area (Å²) in [6, 6.07) is 9.45. The van der Waals surface area contributed by atoms with Crippen LogP contribution >= 0.6 is 11.8 Å². The monoisotopic (exact) mass is 263 g/mol. The fraction of sp³-hybridized carbons (Fsp3) is 0.231. The SMILES string of the molecule is CCOC(=O)[C@@H](Sc1ncco1)c1ccccc1. The average molecular weight is 263 g/mol. The Labute approximate surface area is 109 Å². The van der Waals surface area contributed by atoms with Crippen molar-refractivity contribution < 1.29 is 13.9 Å². The largest absolute Gasteiger partial charge is 0.465 e. The Morgan fingerprint density at radius 3 is 2.83 bits per heavy atom. The van der Waals surface area contributed by atoms with Crippen LogP contribution in [0.2, 0.25) is 0 Å². The molecule has 2 aromatic rings. The van der Waals surface area contributed by atoms with E-state index in [-0.39, 0.29) is 5.97 Å². The van der Waals surface area contributed by atoms with Gasteiger partial charge in [0.2, 0.25) is 0 Å². The van der Waals surface area contributed by atoms with Crippen LogP contribution in [0, 0.1) is 0 Å². The van der Waals surface area contributed by atoms with E-state index in [2.05, 4.69) is 4.98 Å². The standard InChI is InChI=1S/C13H13NO3S/c1-2-16-12(15)11(10-6-4-3-5-7-10)18-13-14-8-9-17-13/h3-9,11H,2H2,1H3/t11-/m0/s1. The first kappa shape index (κ1) is 12.7. The number of carbonyl (C=O) groups is 1. The van der Waals surface area contributed by atoms with Crippen molar-refractivity contribution in [3.8, 4) is 0 Å². The molecule has 0 bridgehead atoms. The van der Waals surface area contributed by atoms with Crippen molar-refractivity contribution in [1.82, 2.24) is 4.98 Å². The number of aromatic nitrogens is 1. The number of esters is 1. The molecule has 0 aliphatic rings. The van der Waals surface area contributed by atoms with Crippen LogP contribution in [0.5, 0.6) is 0 Å². The average Bonchev–Trinajstić information content (AvgIpc) is 2.90. The molecule has 0 N–H and O–H groups in total. The summed E-state index contributed by atoms with van der Waals surface area (Å²) in [5.74, 6) is -0.285. The van der Waals surface area contributed by atoms with Gasteiger partial charge in [0.1, 0.15) is 11.5 Å².